The molecule has 17 heavy (non-hydrogen) atoms. The molecule has 3 rings (SSSR count). The van der Waals surface area contributed by atoms with Crippen LogP contribution in [0.5, 0.6) is 0 Å². The van der Waals surface area contributed by atoms with E-state index < -0.39 is 0 Å². The van der Waals surface area contributed by atoms with Gasteiger partial charge in [0.1, 0.15) is 0 Å². The van der Waals surface area contributed by atoms with E-state index in [4.69, 9.17) is 0 Å². The molecule has 1 unspecified atom stereocenters. The minimum atomic E-state index is 0.517. The van der Waals surface area contributed by atoms with Crippen LogP contribution in [0.2, 0.25) is 0 Å². The third-order valence-electron chi connectivity index (χ3n) is 3.58. The van der Waals surface area contributed by atoms with Crippen LogP contribution in [0, 0.1) is 0 Å². The number of rotatable bonds is 7. The fraction of sp³-hybridized carbons (Fsp3) is 0.769. The first-order valence-electron chi connectivity index (χ1n) is 6.82. The molecule has 2 aliphatic carbocycles. The minimum absolute atomic E-state index is 0.517. The lowest BCUT2D eigenvalue weighted by Gasteiger charge is -2.13. The Labute approximate surface area is 103 Å². The van der Waals surface area contributed by atoms with E-state index in [2.05, 4.69) is 33.8 Å². The van der Waals surface area contributed by atoms with Crippen LogP contribution in [0.1, 0.15) is 49.9 Å². The average Bonchev–Trinajstić information content (AvgIpc) is 3.24. The second-order valence-corrected chi connectivity index (χ2v) is 5.56. The Morgan fingerprint density at radius 3 is 2.94 bits per heavy atom. The lowest BCUT2D eigenvalue weighted by atomic mass is 10.2. The first-order valence-corrected chi connectivity index (χ1v) is 6.82. The van der Waals surface area contributed by atoms with Gasteiger partial charge < -0.3 is 10.6 Å². The molecular formula is C13H22N4. The molecule has 2 saturated carbocycles. The van der Waals surface area contributed by atoms with Crippen molar-refractivity contribution in [2.75, 3.05) is 6.54 Å². The summed E-state index contributed by atoms with van der Waals surface area (Å²) in [5.74, 6) is 0.744. The summed E-state index contributed by atoms with van der Waals surface area (Å²) in [6.07, 6.45) is 5.36. The summed E-state index contributed by atoms with van der Waals surface area (Å²) in [4.78, 5) is 0. The Kier molecular flexibility index (Phi) is 3.16. The molecule has 1 aromatic heterocycles. The third kappa shape index (κ3) is 3.30. The van der Waals surface area contributed by atoms with Crippen molar-refractivity contribution in [1.29, 1.82) is 0 Å². The molecule has 94 valence electrons. The van der Waals surface area contributed by atoms with Crippen molar-refractivity contribution >= 4 is 0 Å². The van der Waals surface area contributed by atoms with Crippen molar-refractivity contribution in [3.8, 4) is 0 Å². The highest BCUT2D eigenvalue weighted by atomic mass is 15.1. The van der Waals surface area contributed by atoms with Gasteiger partial charge in [0, 0.05) is 36.8 Å². The molecule has 0 aromatic carbocycles. The van der Waals surface area contributed by atoms with Crippen molar-refractivity contribution in [3.63, 3.8) is 0 Å². The van der Waals surface area contributed by atoms with E-state index in [1.807, 2.05) is 0 Å². The van der Waals surface area contributed by atoms with E-state index >= 15 is 0 Å². The monoisotopic (exact) mass is 234 g/mol. The summed E-state index contributed by atoms with van der Waals surface area (Å²) in [7, 11) is 0. The van der Waals surface area contributed by atoms with E-state index in [1.54, 1.807) is 0 Å². The number of hydrogen-bond donors (Lipinski definition) is 3. The fourth-order valence-electron chi connectivity index (χ4n) is 2.05. The maximum Gasteiger partial charge on any atom is 0.0656 e. The molecule has 0 spiro atoms. The predicted molar refractivity (Wildman–Crippen MR) is 67.9 cm³/mol. The van der Waals surface area contributed by atoms with Gasteiger partial charge in [-0.25, -0.2) is 0 Å². The number of H-pyrrole nitrogens is 1. The van der Waals surface area contributed by atoms with Gasteiger partial charge in [-0.05, 0) is 38.7 Å². The van der Waals surface area contributed by atoms with Gasteiger partial charge in [-0.3, -0.25) is 5.10 Å². The Balaban J connectivity index is 1.39. The molecule has 4 nitrogen and oxygen atoms in total. The summed E-state index contributed by atoms with van der Waals surface area (Å²) >= 11 is 0. The SMILES string of the molecule is CC(CNC1CC1)NCc1cc(C2CC2)n[nH]1. The highest BCUT2D eigenvalue weighted by molar-refractivity contribution is 5.17. The smallest absolute Gasteiger partial charge is 0.0656 e. The number of nitrogens with zero attached hydrogens (tertiary/aromatic N) is 1. The summed E-state index contributed by atoms with van der Waals surface area (Å²) < 4.78 is 0. The van der Waals surface area contributed by atoms with Gasteiger partial charge in [0.15, 0.2) is 0 Å². The molecule has 3 N–H and O–H groups in total. The van der Waals surface area contributed by atoms with Crippen molar-refractivity contribution in [1.82, 2.24) is 20.8 Å². The zero-order valence-electron chi connectivity index (χ0n) is 10.5. The lowest BCUT2D eigenvalue weighted by Crippen LogP contribution is -2.36. The van der Waals surface area contributed by atoms with Crippen molar-refractivity contribution in [3.05, 3.63) is 17.5 Å². The standard InChI is InChI=1S/C13H22N4/c1-9(7-15-11-4-5-11)14-8-12-6-13(17-16-12)10-2-3-10/h6,9-11,14-15H,2-5,7-8H2,1H3,(H,16,17). The van der Waals surface area contributed by atoms with Crippen molar-refractivity contribution in [2.45, 2.75) is 57.2 Å². The van der Waals surface area contributed by atoms with Crippen LogP contribution in [0.15, 0.2) is 6.07 Å². The maximum absolute atomic E-state index is 4.36. The van der Waals surface area contributed by atoms with E-state index in [9.17, 15) is 0 Å². The van der Waals surface area contributed by atoms with Crippen LogP contribution in [0.4, 0.5) is 0 Å². The Hall–Kier alpha value is -0.870. The van der Waals surface area contributed by atoms with Gasteiger partial charge in [0.2, 0.25) is 0 Å². The van der Waals surface area contributed by atoms with Crippen LogP contribution in [-0.4, -0.2) is 28.8 Å². The molecule has 1 atom stereocenters. The topological polar surface area (TPSA) is 52.7 Å². The molecule has 0 radical (unpaired) electrons. The lowest BCUT2D eigenvalue weighted by molar-refractivity contribution is 0.496. The maximum atomic E-state index is 4.36. The van der Waals surface area contributed by atoms with Crippen molar-refractivity contribution < 1.29 is 0 Å². The first kappa shape index (κ1) is 11.2. The predicted octanol–water partition coefficient (Wildman–Crippen LogP) is 1.52. The Morgan fingerprint density at radius 2 is 2.24 bits per heavy atom. The highest BCUT2D eigenvalue weighted by Gasteiger charge is 2.26. The van der Waals surface area contributed by atoms with E-state index in [0.29, 0.717) is 6.04 Å². The quantitative estimate of drug-likeness (QED) is 0.670. The molecule has 0 saturated heterocycles. The largest absolute Gasteiger partial charge is 0.312 e. The van der Waals surface area contributed by atoms with Gasteiger partial charge in [0.25, 0.3) is 0 Å². The molecule has 0 amide bonds. The minimum Gasteiger partial charge on any atom is -0.312 e. The average molecular weight is 234 g/mol. The molecular weight excluding hydrogens is 212 g/mol. The number of aromatic nitrogens is 2. The zero-order valence-corrected chi connectivity index (χ0v) is 10.5. The van der Waals surface area contributed by atoms with Gasteiger partial charge in [0.05, 0.1) is 5.69 Å². The summed E-state index contributed by atoms with van der Waals surface area (Å²) in [5.41, 5.74) is 2.47. The molecule has 1 heterocycles. The third-order valence-corrected chi connectivity index (χ3v) is 3.58. The van der Waals surface area contributed by atoms with E-state index in [0.717, 1.165) is 25.0 Å². The van der Waals surface area contributed by atoms with Gasteiger partial charge >= 0.3 is 0 Å². The molecule has 2 aliphatic rings. The fourth-order valence-corrected chi connectivity index (χ4v) is 2.05. The number of hydrogen-bond acceptors (Lipinski definition) is 3. The van der Waals surface area contributed by atoms with E-state index in [-0.39, 0.29) is 0 Å². The second kappa shape index (κ2) is 4.78. The highest BCUT2D eigenvalue weighted by Crippen LogP contribution is 2.38. The zero-order chi connectivity index (χ0) is 11.7. The first-order chi connectivity index (χ1) is 8.31. The van der Waals surface area contributed by atoms with Crippen LogP contribution in [-0.2, 0) is 6.54 Å². The van der Waals surface area contributed by atoms with Gasteiger partial charge in [-0.1, -0.05) is 0 Å². The summed E-state index contributed by atoms with van der Waals surface area (Å²) in [6, 6.07) is 3.53. The van der Waals surface area contributed by atoms with E-state index in [1.165, 1.54) is 37.1 Å². The van der Waals surface area contributed by atoms with Crippen LogP contribution in [0.3, 0.4) is 0 Å². The van der Waals surface area contributed by atoms with Crippen LogP contribution >= 0.6 is 0 Å². The van der Waals surface area contributed by atoms with Gasteiger partial charge in [-0.15, -0.1) is 0 Å². The second-order valence-electron chi connectivity index (χ2n) is 5.56. The normalized spacial score (nSPS) is 21.7. The molecule has 0 aliphatic heterocycles. The number of nitrogens with one attached hydrogen (secondary N) is 3. The molecule has 4 heteroatoms. The molecule has 1 aromatic rings. The summed E-state index contributed by atoms with van der Waals surface area (Å²) in [5, 5.41) is 14.5. The summed E-state index contributed by atoms with van der Waals surface area (Å²) in [6.45, 7) is 4.19. The molecule has 2 fully saturated rings. The number of aromatic amines is 1. The van der Waals surface area contributed by atoms with Crippen LogP contribution in [0.25, 0.3) is 0 Å². The Bertz CT molecular complexity index is 365. The van der Waals surface area contributed by atoms with Gasteiger partial charge in [-0.2, -0.15) is 5.10 Å². The molecule has 0 bridgehead atoms. The Morgan fingerprint density at radius 1 is 1.41 bits per heavy atom. The van der Waals surface area contributed by atoms with Crippen LogP contribution < -0.4 is 10.6 Å². The van der Waals surface area contributed by atoms with Crippen molar-refractivity contribution in [2.24, 2.45) is 0 Å².